The van der Waals surface area contributed by atoms with Gasteiger partial charge in [0.15, 0.2) is 0 Å². The van der Waals surface area contributed by atoms with Crippen LogP contribution >= 0.6 is 0 Å². The van der Waals surface area contributed by atoms with Gasteiger partial charge in [-0.15, -0.1) is 0 Å². The van der Waals surface area contributed by atoms with Crippen LogP contribution in [0, 0.1) is 5.41 Å². The summed E-state index contributed by atoms with van der Waals surface area (Å²) in [6.07, 6.45) is 6.27. The molecule has 1 aromatic heterocycles. The molecule has 1 atom stereocenters. The number of carboxylic acid groups (broad SMARTS) is 1. The molecule has 0 spiro atoms. The number of carbonyl (C=O) groups is 2. The highest BCUT2D eigenvalue weighted by molar-refractivity contribution is 5.79. The average Bonchev–Trinajstić information content (AvgIpc) is 2.84. The Morgan fingerprint density at radius 2 is 2.26 bits per heavy atom. The molecule has 1 saturated carbocycles. The van der Waals surface area contributed by atoms with Crippen LogP contribution in [0.2, 0.25) is 0 Å². The number of rotatable bonds is 6. The van der Waals surface area contributed by atoms with Crippen molar-refractivity contribution < 1.29 is 14.7 Å². The largest absolute Gasteiger partial charge is 0.481 e. The third kappa shape index (κ3) is 3.13. The van der Waals surface area contributed by atoms with Crippen molar-refractivity contribution in [3.8, 4) is 0 Å². The zero-order chi connectivity index (χ0) is 13.9. The highest BCUT2D eigenvalue weighted by Crippen LogP contribution is 2.43. The lowest BCUT2D eigenvalue weighted by molar-refractivity contribution is -0.142. The fraction of sp³-hybridized carbons (Fsp3) is 0.615. The van der Waals surface area contributed by atoms with Crippen LogP contribution in [0.3, 0.4) is 0 Å². The number of carbonyl (C=O) groups excluding carboxylic acids is 1. The average molecular weight is 265 g/mol. The quantitative estimate of drug-likeness (QED) is 0.809. The summed E-state index contributed by atoms with van der Waals surface area (Å²) < 4.78 is 1.58. The monoisotopic (exact) mass is 265 g/mol. The number of aliphatic carboxylic acids is 1. The first kappa shape index (κ1) is 13.6. The van der Waals surface area contributed by atoms with Crippen LogP contribution in [-0.2, 0) is 9.59 Å². The van der Waals surface area contributed by atoms with Crippen LogP contribution in [-0.4, -0.2) is 33.3 Å². The number of nitrogens with one attached hydrogen (secondary N) is 1. The van der Waals surface area contributed by atoms with Gasteiger partial charge in [0.25, 0.3) is 0 Å². The van der Waals surface area contributed by atoms with E-state index in [4.69, 9.17) is 5.11 Å². The van der Waals surface area contributed by atoms with Crippen molar-refractivity contribution in [3.63, 3.8) is 0 Å². The van der Waals surface area contributed by atoms with Gasteiger partial charge in [0.2, 0.25) is 5.91 Å². The van der Waals surface area contributed by atoms with E-state index in [-0.39, 0.29) is 23.8 Å². The van der Waals surface area contributed by atoms with Crippen LogP contribution in [0.4, 0.5) is 0 Å². The van der Waals surface area contributed by atoms with E-state index in [1.54, 1.807) is 30.1 Å². The Morgan fingerprint density at radius 1 is 1.53 bits per heavy atom. The Hall–Kier alpha value is -1.85. The zero-order valence-electron chi connectivity index (χ0n) is 11.0. The van der Waals surface area contributed by atoms with Crippen LogP contribution in [0.25, 0.3) is 0 Å². The van der Waals surface area contributed by atoms with Crippen molar-refractivity contribution in [2.45, 2.75) is 38.6 Å². The first-order valence-corrected chi connectivity index (χ1v) is 6.51. The predicted octanol–water partition coefficient (Wildman–Crippen LogP) is 1.21. The predicted molar refractivity (Wildman–Crippen MR) is 68.5 cm³/mol. The third-order valence-electron chi connectivity index (χ3n) is 3.88. The fourth-order valence-corrected chi connectivity index (χ4v) is 2.47. The van der Waals surface area contributed by atoms with E-state index < -0.39 is 5.97 Å². The number of aromatic nitrogens is 2. The molecule has 1 unspecified atom stereocenters. The van der Waals surface area contributed by atoms with Crippen molar-refractivity contribution in [3.05, 3.63) is 18.5 Å². The van der Waals surface area contributed by atoms with Gasteiger partial charge in [-0.05, 0) is 31.2 Å². The molecule has 1 aliphatic rings. The van der Waals surface area contributed by atoms with Gasteiger partial charge in [-0.3, -0.25) is 14.3 Å². The molecular formula is C13H19N3O3. The Balaban J connectivity index is 1.87. The van der Waals surface area contributed by atoms with Gasteiger partial charge in [0.1, 0.15) is 6.04 Å². The zero-order valence-corrected chi connectivity index (χ0v) is 11.0. The van der Waals surface area contributed by atoms with Gasteiger partial charge in [-0.2, -0.15) is 5.10 Å². The standard InChI is InChI=1S/C13H19N3O3/c1-10(16-7-3-6-15-16)12(19)14-9-13(4-2-5-13)8-11(17)18/h3,6-7,10H,2,4-5,8-9H2,1H3,(H,14,19)(H,17,18). The molecule has 2 rings (SSSR count). The molecule has 1 fully saturated rings. The van der Waals surface area contributed by atoms with Crippen molar-refractivity contribution >= 4 is 11.9 Å². The molecule has 1 amide bonds. The molecule has 0 aliphatic heterocycles. The summed E-state index contributed by atoms with van der Waals surface area (Å²) in [4.78, 5) is 22.8. The number of amides is 1. The molecule has 104 valence electrons. The first-order chi connectivity index (χ1) is 9.02. The summed E-state index contributed by atoms with van der Waals surface area (Å²) in [7, 11) is 0. The van der Waals surface area contributed by atoms with E-state index in [1.165, 1.54) is 0 Å². The molecule has 0 bridgehead atoms. The van der Waals surface area contributed by atoms with Crippen LogP contribution in [0.1, 0.15) is 38.6 Å². The lowest BCUT2D eigenvalue weighted by atomic mass is 9.66. The highest BCUT2D eigenvalue weighted by atomic mass is 16.4. The molecule has 6 nitrogen and oxygen atoms in total. The highest BCUT2D eigenvalue weighted by Gasteiger charge is 2.39. The maximum atomic E-state index is 12.0. The Labute approximate surface area is 111 Å². The maximum Gasteiger partial charge on any atom is 0.303 e. The summed E-state index contributed by atoms with van der Waals surface area (Å²) in [5, 5.41) is 15.8. The molecule has 0 saturated heterocycles. The minimum Gasteiger partial charge on any atom is -0.481 e. The Bertz CT molecular complexity index is 452. The second kappa shape index (κ2) is 5.42. The van der Waals surface area contributed by atoms with Gasteiger partial charge in [-0.1, -0.05) is 6.42 Å². The van der Waals surface area contributed by atoms with Crippen molar-refractivity contribution in [1.82, 2.24) is 15.1 Å². The number of hydrogen-bond acceptors (Lipinski definition) is 3. The molecule has 19 heavy (non-hydrogen) atoms. The molecule has 2 N–H and O–H groups in total. The van der Waals surface area contributed by atoms with Gasteiger partial charge in [0, 0.05) is 18.9 Å². The molecular weight excluding hydrogens is 246 g/mol. The van der Waals surface area contributed by atoms with E-state index in [1.807, 2.05) is 0 Å². The van der Waals surface area contributed by atoms with E-state index in [2.05, 4.69) is 10.4 Å². The van der Waals surface area contributed by atoms with Gasteiger partial charge < -0.3 is 10.4 Å². The van der Waals surface area contributed by atoms with Crippen molar-refractivity contribution in [1.29, 1.82) is 0 Å². The second-order valence-corrected chi connectivity index (χ2v) is 5.30. The number of nitrogens with zero attached hydrogens (tertiary/aromatic N) is 2. The fourth-order valence-electron chi connectivity index (χ4n) is 2.47. The van der Waals surface area contributed by atoms with Crippen LogP contribution in [0.5, 0.6) is 0 Å². The smallest absolute Gasteiger partial charge is 0.303 e. The minimum absolute atomic E-state index is 0.125. The second-order valence-electron chi connectivity index (χ2n) is 5.30. The van der Waals surface area contributed by atoms with Gasteiger partial charge in [0.05, 0.1) is 6.42 Å². The lowest BCUT2D eigenvalue weighted by Gasteiger charge is -2.41. The van der Waals surface area contributed by atoms with Gasteiger partial charge >= 0.3 is 5.97 Å². The molecule has 0 aromatic carbocycles. The Morgan fingerprint density at radius 3 is 2.74 bits per heavy atom. The number of carboxylic acids is 1. The summed E-state index contributed by atoms with van der Waals surface area (Å²) in [5.74, 6) is -0.922. The van der Waals surface area contributed by atoms with E-state index in [9.17, 15) is 9.59 Å². The number of hydrogen-bond donors (Lipinski definition) is 2. The molecule has 0 radical (unpaired) electrons. The van der Waals surface area contributed by atoms with Crippen LogP contribution < -0.4 is 5.32 Å². The summed E-state index contributed by atoms with van der Waals surface area (Å²) in [5.41, 5.74) is -0.245. The molecule has 1 heterocycles. The third-order valence-corrected chi connectivity index (χ3v) is 3.88. The van der Waals surface area contributed by atoms with E-state index >= 15 is 0 Å². The molecule has 1 aliphatic carbocycles. The molecule has 6 heteroatoms. The van der Waals surface area contributed by atoms with Crippen molar-refractivity contribution in [2.75, 3.05) is 6.54 Å². The van der Waals surface area contributed by atoms with Crippen molar-refractivity contribution in [2.24, 2.45) is 5.41 Å². The maximum absolute atomic E-state index is 12.0. The van der Waals surface area contributed by atoms with E-state index in [0.717, 1.165) is 19.3 Å². The normalized spacial score (nSPS) is 18.4. The molecule has 1 aromatic rings. The lowest BCUT2D eigenvalue weighted by Crippen LogP contribution is -2.45. The summed E-state index contributed by atoms with van der Waals surface area (Å²) in [6, 6.07) is 1.39. The first-order valence-electron chi connectivity index (χ1n) is 6.51. The minimum atomic E-state index is -0.797. The van der Waals surface area contributed by atoms with E-state index in [0.29, 0.717) is 6.54 Å². The summed E-state index contributed by atoms with van der Waals surface area (Å²) in [6.45, 7) is 2.21. The van der Waals surface area contributed by atoms with Gasteiger partial charge in [-0.25, -0.2) is 0 Å². The SMILES string of the molecule is CC(C(=O)NCC1(CC(=O)O)CCC1)n1cccn1. The summed E-state index contributed by atoms with van der Waals surface area (Å²) >= 11 is 0. The topological polar surface area (TPSA) is 84.2 Å². The van der Waals surface area contributed by atoms with Crippen LogP contribution in [0.15, 0.2) is 18.5 Å². The Kier molecular flexibility index (Phi) is 3.87.